The molecule has 0 aliphatic rings. The molecule has 20 heavy (non-hydrogen) atoms. The highest BCUT2D eigenvalue weighted by Crippen LogP contribution is 2.16. The van der Waals surface area contributed by atoms with E-state index in [1.165, 1.54) is 24.1 Å². The Balaban J connectivity index is 2.19. The lowest BCUT2D eigenvalue weighted by molar-refractivity contribution is 0.0779. The molecule has 5 heteroatoms. The van der Waals surface area contributed by atoms with Crippen LogP contribution in [0, 0.1) is 11.6 Å². The largest absolute Gasteiger partial charge is 0.337 e. The minimum Gasteiger partial charge on any atom is -0.337 e. The summed E-state index contributed by atoms with van der Waals surface area (Å²) in [6.07, 6.45) is 0. The van der Waals surface area contributed by atoms with Crippen LogP contribution in [0.3, 0.4) is 0 Å². The van der Waals surface area contributed by atoms with E-state index in [9.17, 15) is 13.6 Å². The zero-order valence-corrected chi connectivity index (χ0v) is 11.5. The van der Waals surface area contributed by atoms with E-state index in [1.807, 2.05) is 0 Å². The Morgan fingerprint density at radius 1 is 1.20 bits per heavy atom. The molecule has 0 heterocycles. The molecule has 104 valence electrons. The average molecular weight is 296 g/mol. The number of nitrogens with zero attached hydrogens (tertiary/aromatic N) is 1. The topological polar surface area (TPSA) is 20.3 Å². The van der Waals surface area contributed by atoms with Crippen molar-refractivity contribution in [2.45, 2.75) is 6.54 Å². The molecule has 0 spiro atoms. The van der Waals surface area contributed by atoms with Crippen LogP contribution in [0.1, 0.15) is 15.9 Å². The highest BCUT2D eigenvalue weighted by molar-refractivity contribution is 6.30. The Morgan fingerprint density at radius 2 is 1.90 bits per heavy atom. The Bertz CT molecular complexity index is 646. The van der Waals surface area contributed by atoms with Gasteiger partial charge in [-0.3, -0.25) is 4.79 Å². The first-order chi connectivity index (χ1) is 9.49. The molecule has 2 rings (SSSR count). The summed E-state index contributed by atoms with van der Waals surface area (Å²) in [5.74, 6) is -2.75. The minimum absolute atomic E-state index is 0.259. The van der Waals surface area contributed by atoms with Crippen molar-refractivity contribution >= 4 is 17.5 Å². The van der Waals surface area contributed by atoms with E-state index >= 15 is 0 Å². The number of carbonyl (C=O) groups is 1. The molecule has 0 radical (unpaired) electrons. The van der Waals surface area contributed by atoms with E-state index < -0.39 is 17.5 Å². The molecular weight excluding hydrogens is 284 g/mol. The molecule has 0 N–H and O–H groups in total. The number of carbonyl (C=O) groups excluding carboxylic acids is 1. The molecule has 0 fully saturated rings. The Hall–Kier alpha value is -1.94. The van der Waals surface area contributed by atoms with Crippen LogP contribution in [0.15, 0.2) is 42.5 Å². The zero-order chi connectivity index (χ0) is 14.7. The van der Waals surface area contributed by atoms with E-state index in [-0.39, 0.29) is 12.1 Å². The first-order valence-electron chi connectivity index (χ1n) is 5.93. The van der Waals surface area contributed by atoms with Crippen molar-refractivity contribution in [2.75, 3.05) is 7.05 Å². The standard InChI is InChI=1S/C15H12ClF2NO/c1-19(9-10-4-2-5-11(16)8-10)15(20)12-6-3-7-13(17)14(12)18/h2-8H,9H2,1H3. The maximum atomic E-state index is 13.6. The molecule has 0 aliphatic heterocycles. The predicted octanol–water partition coefficient (Wildman–Crippen LogP) is 3.89. The summed E-state index contributed by atoms with van der Waals surface area (Å²) in [6.45, 7) is 0.259. The maximum absolute atomic E-state index is 13.6. The van der Waals surface area contributed by atoms with Crippen LogP contribution in [0.5, 0.6) is 0 Å². The summed E-state index contributed by atoms with van der Waals surface area (Å²) >= 11 is 5.86. The van der Waals surface area contributed by atoms with Crippen LogP contribution >= 0.6 is 11.6 Å². The molecule has 1 amide bonds. The van der Waals surface area contributed by atoms with Gasteiger partial charge < -0.3 is 4.90 Å². The van der Waals surface area contributed by atoms with Crippen LogP contribution in [-0.4, -0.2) is 17.9 Å². The minimum atomic E-state index is -1.13. The van der Waals surface area contributed by atoms with Gasteiger partial charge in [-0.2, -0.15) is 0 Å². The molecule has 2 aromatic rings. The average Bonchev–Trinajstić information content (AvgIpc) is 2.41. The third kappa shape index (κ3) is 3.14. The van der Waals surface area contributed by atoms with Gasteiger partial charge >= 0.3 is 0 Å². The summed E-state index contributed by atoms with van der Waals surface area (Å²) in [5.41, 5.74) is 0.527. The van der Waals surface area contributed by atoms with Gasteiger partial charge in [0.2, 0.25) is 0 Å². The molecule has 0 atom stereocenters. The molecule has 0 unspecified atom stereocenters. The second kappa shape index (κ2) is 6.01. The van der Waals surface area contributed by atoms with Crippen molar-refractivity contribution < 1.29 is 13.6 Å². The summed E-state index contributed by atoms with van der Waals surface area (Å²) in [5, 5.41) is 0.556. The molecule has 0 saturated carbocycles. The first-order valence-corrected chi connectivity index (χ1v) is 6.31. The molecule has 0 aliphatic carbocycles. The lowest BCUT2D eigenvalue weighted by Gasteiger charge is -2.18. The van der Waals surface area contributed by atoms with Gasteiger partial charge in [-0.05, 0) is 29.8 Å². The smallest absolute Gasteiger partial charge is 0.256 e. The molecule has 0 saturated heterocycles. The summed E-state index contributed by atoms with van der Waals surface area (Å²) in [6, 6.07) is 10.5. The number of halogens is 3. The summed E-state index contributed by atoms with van der Waals surface area (Å²) < 4.78 is 26.7. The van der Waals surface area contributed by atoms with Crippen molar-refractivity contribution in [3.8, 4) is 0 Å². The molecule has 2 aromatic carbocycles. The van der Waals surface area contributed by atoms with Gasteiger partial charge in [0.1, 0.15) is 0 Å². The second-order valence-corrected chi connectivity index (χ2v) is 4.83. The van der Waals surface area contributed by atoms with Crippen molar-refractivity contribution in [3.63, 3.8) is 0 Å². The van der Waals surface area contributed by atoms with E-state index in [0.29, 0.717) is 5.02 Å². The second-order valence-electron chi connectivity index (χ2n) is 4.39. The van der Waals surface area contributed by atoms with Gasteiger partial charge in [0, 0.05) is 18.6 Å². The van der Waals surface area contributed by atoms with Crippen molar-refractivity contribution in [1.82, 2.24) is 4.90 Å². The van der Waals surface area contributed by atoms with Gasteiger partial charge in [0.05, 0.1) is 5.56 Å². The van der Waals surface area contributed by atoms with E-state index in [0.717, 1.165) is 11.6 Å². The van der Waals surface area contributed by atoms with Crippen molar-refractivity contribution in [3.05, 3.63) is 70.2 Å². The van der Waals surface area contributed by atoms with Crippen LogP contribution in [-0.2, 0) is 6.54 Å². The summed E-state index contributed by atoms with van der Waals surface area (Å²) in [4.78, 5) is 13.4. The van der Waals surface area contributed by atoms with Gasteiger partial charge in [-0.1, -0.05) is 29.8 Å². The monoisotopic (exact) mass is 295 g/mol. The zero-order valence-electron chi connectivity index (χ0n) is 10.7. The maximum Gasteiger partial charge on any atom is 0.256 e. The Morgan fingerprint density at radius 3 is 2.60 bits per heavy atom. The third-order valence-corrected chi connectivity index (χ3v) is 3.07. The lowest BCUT2D eigenvalue weighted by atomic mass is 10.1. The molecule has 0 aromatic heterocycles. The number of amides is 1. The lowest BCUT2D eigenvalue weighted by Crippen LogP contribution is -2.27. The van der Waals surface area contributed by atoms with Crippen molar-refractivity contribution in [2.24, 2.45) is 0 Å². The fourth-order valence-corrected chi connectivity index (χ4v) is 2.07. The first kappa shape index (κ1) is 14.5. The Kier molecular flexibility index (Phi) is 4.35. The van der Waals surface area contributed by atoms with E-state index in [4.69, 9.17) is 11.6 Å². The highest BCUT2D eigenvalue weighted by Gasteiger charge is 2.18. The highest BCUT2D eigenvalue weighted by atomic mass is 35.5. The summed E-state index contributed by atoms with van der Waals surface area (Å²) in [7, 11) is 1.52. The molecular formula is C15H12ClF2NO. The number of rotatable bonds is 3. The number of hydrogen-bond donors (Lipinski definition) is 0. The normalized spacial score (nSPS) is 10.4. The van der Waals surface area contributed by atoms with Crippen LogP contribution in [0.4, 0.5) is 8.78 Å². The fraction of sp³-hybridized carbons (Fsp3) is 0.133. The number of hydrogen-bond acceptors (Lipinski definition) is 1. The Labute approximate surface area is 120 Å². The number of benzene rings is 2. The van der Waals surface area contributed by atoms with Crippen LogP contribution in [0.2, 0.25) is 5.02 Å². The van der Waals surface area contributed by atoms with Crippen LogP contribution in [0.25, 0.3) is 0 Å². The van der Waals surface area contributed by atoms with Gasteiger partial charge in [0.15, 0.2) is 11.6 Å². The molecule has 2 nitrogen and oxygen atoms in total. The third-order valence-electron chi connectivity index (χ3n) is 2.84. The predicted molar refractivity (Wildman–Crippen MR) is 73.6 cm³/mol. The quantitative estimate of drug-likeness (QED) is 0.841. The van der Waals surface area contributed by atoms with E-state index in [1.54, 1.807) is 24.3 Å². The van der Waals surface area contributed by atoms with Gasteiger partial charge in [0.25, 0.3) is 5.91 Å². The van der Waals surface area contributed by atoms with Crippen molar-refractivity contribution in [1.29, 1.82) is 0 Å². The SMILES string of the molecule is CN(Cc1cccc(Cl)c1)C(=O)c1cccc(F)c1F. The van der Waals surface area contributed by atoms with Gasteiger partial charge in [-0.15, -0.1) is 0 Å². The van der Waals surface area contributed by atoms with E-state index in [2.05, 4.69) is 0 Å². The molecule has 0 bridgehead atoms. The van der Waals surface area contributed by atoms with Crippen LogP contribution < -0.4 is 0 Å². The fourth-order valence-electron chi connectivity index (χ4n) is 1.86. The van der Waals surface area contributed by atoms with Gasteiger partial charge in [-0.25, -0.2) is 8.78 Å².